The monoisotopic (exact) mass is 489 g/mol. The zero-order valence-electron chi connectivity index (χ0n) is 22.2. The maximum atomic E-state index is 4.95. The first kappa shape index (κ1) is 23.9. The number of aryl methyl sites for hydroxylation is 1. The SMILES string of the molecule is C/C=c1/c(-c2ccc(-c3ccc4ccccc4c3)cc2)c2ccccc2c(-c2cccc(C)n2)/c1=C/CC. The molecule has 0 aliphatic heterocycles. The van der Waals surface area contributed by atoms with Gasteiger partial charge in [0.15, 0.2) is 0 Å². The van der Waals surface area contributed by atoms with Crippen LogP contribution in [0.25, 0.3) is 67.2 Å². The molecule has 0 bridgehead atoms. The summed E-state index contributed by atoms with van der Waals surface area (Å²) in [5.74, 6) is 0. The van der Waals surface area contributed by atoms with Crippen molar-refractivity contribution in [3.05, 3.63) is 125 Å². The molecule has 6 rings (SSSR count). The van der Waals surface area contributed by atoms with Gasteiger partial charge in [0.2, 0.25) is 0 Å². The van der Waals surface area contributed by atoms with E-state index < -0.39 is 0 Å². The minimum atomic E-state index is 0.957. The second-order valence-corrected chi connectivity index (χ2v) is 9.83. The Labute approximate surface area is 224 Å². The molecule has 0 aliphatic carbocycles. The molecule has 0 spiro atoms. The van der Waals surface area contributed by atoms with E-state index in [9.17, 15) is 0 Å². The largest absolute Gasteiger partial charge is 0.253 e. The summed E-state index contributed by atoms with van der Waals surface area (Å²) in [6, 6.07) is 39.4. The normalized spacial score (nSPS) is 12.5. The van der Waals surface area contributed by atoms with Crippen molar-refractivity contribution < 1.29 is 0 Å². The van der Waals surface area contributed by atoms with Gasteiger partial charge < -0.3 is 0 Å². The van der Waals surface area contributed by atoms with Crippen LogP contribution >= 0.6 is 0 Å². The molecule has 1 aromatic heterocycles. The summed E-state index contributed by atoms with van der Waals surface area (Å²) in [6.07, 6.45) is 5.58. The molecule has 38 heavy (non-hydrogen) atoms. The molecule has 0 amide bonds. The minimum absolute atomic E-state index is 0.957. The average molecular weight is 490 g/mol. The van der Waals surface area contributed by atoms with Crippen molar-refractivity contribution in [3.8, 4) is 33.5 Å². The number of fused-ring (bicyclic) bond motifs is 2. The number of hydrogen-bond acceptors (Lipinski definition) is 1. The van der Waals surface area contributed by atoms with Gasteiger partial charge in [0.05, 0.1) is 5.69 Å². The number of rotatable bonds is 4. The van der Waals surface area contributed by atoms with Crippen LogP contribution in [-0.4, -0.2) is 4.98 Å². The molecule has 6 aromatic rings. The third kappa shape index (κ3) is 4.21. The van der Waals surface area contributed by atoms with E-state index >= 15 is 0 Å². The van der Waals surface area contributed by atoms with Gasteiger partial charge in [-0.3, -0.25) is 4.98 Å². The van der Waals surface area contributed by atoms with Crippen molar-refractivity contribution in [1.82, 2.24) is 4.98 Å². The molecule has 0 atom stereocenters. The number of benzene rings is 5. The fourth-order valence-corrected chi connectivity index (χ4v) is 5.66. The van der Waals surface area contributed by atoms with E-state index in [-0.39, 0.29) is 0 Å². The first-order valence-corrected chi connectivity index (χ1v) is 13.4. The maximum Gasteiger partial charge on any atom is 0.0717 e. The predicted molar refractivity (Wildman–Crippen MR) is 164 cm³/mol. The van der Waals surface area contributed by atoms with Crippen LogP contribution in [0.5, 0.6) is 0 Å². The lowest BCUT2D eigenvalue weighted by molar-refractivity contribution is 1.20. The highest BCUT2D eigenvalue weighted by molar-refractivity contribution is 6.05. The molecule has 0 radical (unpaired) electrons. The molecule has 1 heteroatoms. The lowest BCUT2D eigenvalue weighted by Crippen LogP contribution is -2.29. The minimum Gasteiger partial charge on any atom is -0.253 e. The smallest absolute Gasteiger partial charge is 0.0717 e. The van der Waals surface area contributed by atoms with Crippen LogP contribution in [0.3, 0.4) is 0 Å². The number of hydrogen-bond donors (Lipinski definition) is 0. The summed E-state index contributed by atoms with van der Waals surface area (Å²) >= 11 is 0. The Hall–Kier alpha value is -4.49. The van der Waals surface area contributed by atoms with Gasteiger partial charge in [-0.1, -0.05) is 110 Å². The van der Waals surface area contributed by atoms with Crippen molar-refractivity contribution in [2.45, 2.75) is 27.2 Å². The van der Waals surface area contributed by atoms with Crippen molar-refractivity contribution in [3.63, 3.8) is 0 Å². The number of aromatic nitrogens is 1. The van der Waals surface area contributed by atoms with Crippen LogP contribution in [0, 0.1) is 6.92 Å². The van der Waals surface area contributed by atoms with Gasteiger partial charge in [-0.05, 0) is 92.7 Å². The van der Waals surface area contributed by atoms with Gasteiger partial charge in [0.1, 0.15) is 0 Å². The average Bonchev–Trinajstić information content (AvgIpc) is 2.96. The number of nitrogens with zero attached hydrogens (tertiary/aromatic N) is 1. The zero-order chi connectivity index (χ0) is 26.1. The van der Waals surface area contributed by atoms with E-state index in [0.717, 1.165) is 17.8 Å². The van der Waals surface area contributed by atoms with E-state index in [0.29, 0.717) is 0 Å². The summed E-state index contributed by atoms with van der Waals surface area (Å²) in [4.78, 5) is 4.95. The van der Waals surface area contributed by atoms with E-state index in [1.165, 1.54) is 59.8 Å². The lowest BCUT2D eigenvalue weighted by atomic mass is 9.88. The summed E-state index contributed by atoms with van der Waals surface area (Å²) in [5.41, 5.74) is 8.26. The predicted octanol–water partition coefficient (Wildman–Crippen LogP) is 8.69. The Balaban J connectivity index is 1.59. The second kappa shape index (κ2) is 10.1. The molecule has 0 unspecified atom stereocenters. The van der Waals surface area contributed by atoms with Crippen molar-refractivity contribution >= 4 is 33.7 Å². The summed E-state index contributed by atoms with van der Waals surface area (Å²) in [6.45, 7) is 6.42. The van der Waals surface area contributed by atoms with Gasteiger partial charge in [-0.15, -0.1) is 0 Å². The van der Waals surface area contributed by atoms with Gasteiger partial charge in [0.25, 0.3) is 0 Å². The van der Waals surface area contributed by atoms with Crippen molar-refractivity contribution in [1.29, 1.82) is 0 Å². The van der Waals surface area contributed by atoms with Crippen LogP contribution in [0.1, 0.15) is 26.0 Å². The maximum absolute atomic E-state index is 4.95. The molecule has 0 fully saturated rings. The fraction of sp³-hybridized carbons (Fsp3) is 0.108. The fourth-order valence-electron chi connectivity index (χ4n) is 5.66. The van der Waals surface area contributed by atoms with Gasteiger partial charge in [-0.2, -0.15) is 0 Å². The highest BCUT2D eigenvalue weighted by Gasteiger charge is 2.15. The van der Waals surface area contributed by atoms with E-state index in [4.69, 9.17) is 4.98 Å². The summed E-state index contributed by atoms with van der Waals surface area (Å²) in [5, 5.41) is 7.56. The Morgan fingerprint density at radius 3 is 1.97 bits per heavy atom. The molecule has 0 aliphatic rings. The van der Waals surface area contributed by atoms with Crippen LogP contribution < -0.4 is 10.4 Å². The standard InChI is InChI=1S/C37H31N/c1-4-11-32-31(5-2)36(33-15-8-9-16-34(33)37(32)35-17-10-12-25(3)38-35)28-21-18-27(19-22-28)30-23-20-26-13-6-7-14-29(26)24-30/h5-24H,4H2,1-3H3/b31-5+,32-11+. The quantitative estimate of drug-likeness (QED) is 0.241. The van der Waals surface area contributed by atoms with Crippen LogP contribution in [0.2, 0.25) is 0 Å². The first-order valence-electron chi connectivity index (χ1n) is 13.4. The zero-order valence-corrected chi connectivity index (χ0v) is 22.2. The topological polar surface area (TPSA) is 12.9 Å². The Kier molecular flexibility index (Phi) is 6.35. The third-order valence-electron chi connectivity index (χ3n) is 7.39. The van der Waals surface area contributed by atoms with E-state index in [2.05, 4.69) is 142 Å². The molecule has 1 nitrogen and oxygen atoms in total. The Morgan fingerprint density at radius 2 is 1.26 bits per heavy atom. The second-order valence-electron chi connectivity index (χ2n) is 9.83. The van der Waals surface area contributed by atoms with E-state index in [1.807, 2.05) is 0 Å². The highest BCUT2D eigenvalue weighted by Crippen LogP contribution is 2.32. The summed E-state index contributed by atoms with van der Waals surface area (Å²) in [7, 11) is 0. The molecule has 0 saturated carbocycles. The van der Waals surface area contributed by atoms with E-state index in [1.54, 1.807) is 0 Å². The lowest BCUT2D eigenvalue weighted by Gasteiger charge is -2.16. The first-order chi connectivity index (χ1) is 18.7. The van der Waals surface area contributed by atoms with Gasteiger partial charge in [-0.25, -0.2) is 0 Å². The molecular weight excluding hydrogens is 458 g/mol. The molecule has 5 aromatic carbocycles. The number of pyridine rings is 1. The summed E-state index contributed by atoms with van der Waals surface area (Å²) < 4.78 is 0. The van der Waals surface area contributed by atoms with Gasteiger partial charge >= 0.3 is 0 Å². The molecule has 0 N–H and O–H groups in total. The van der Waals surface area contributed by atoms with Crippen LogP contribution in [0.4, 0.5) is 0 Å². The van der Waals surface area contributed by atoms with Crippen LogP contribution in [0.15, 0.2) is 109 Å². The molecule has 1 heterocycles. The Morgan fingerprint density at radius 1 is 0.605 bits per heavy atom. The third-order valence-corrected chi connectivity index (χ3v) is 7.39. The molecule has 184 valence electrons. The molecular formula is C37H31N. The van der Waals surface area contributed by atoms with Crippen molar-refractivity contribution in [2.75, 3.05) is 0 Å². The van der Waals surface area contributed by atoms with Crippen LogP contribution in [-0.2, 0) is 0 Å². The van der Waals surface area contributed by atoms with Crippen molar-refractivity contribution in [2.24, 2.45) is 0 Å². The van der Waals surface area contributed by atoms with Gasteiger partial charge in [0, 0.05) is 11.3 Å². The Bertz CT molecular complexity index is 1910. The highest BCUT2D eigenvalue weighted by atomic mass is 14.7. The molecule has 0 saturated heterocycles.